The molecule has 1 saturated heterocycles. The van der Waals surface area contributed by atoms with E-state index in [0.717, 1.165) is 22.9 Å². The van der Waals surface area contributed by atoms with Crippen LogP contribution in [0.25, 0.3) is 0 Å². The van der Waals surface area contributed by atoms with Gasteiger partial charge in [-0.1, -0.05) is 42.1 Å². The lowest BCUT2D eigenvalue weighted by Crippen LogP contribution is -2.25. The summed E-state index contributed by atoms with van der Waals surface area (Å²) in [5.41, 5.74) is 1.80. The second kappa shape index (κ2) is 8.14. The molecule has 26 heavy (non-hydrogen) atoms. The van der Waals surface area contributed by atoms with Gasteiger partial charge in [0.2, 0.25) is 5.91 Å². The number of rotatable bonds is 7. The van der Waals surface area contributed by atoms with Gasteiger partial charge in [-0.05, 0) is 23.6 Å². The fraction of sp³-hybridized carbons (Fsp3) is 0.263. The van der Waals surface area contributed by atoms with Crippen LogP contribution in [-0.2, 0) is 17.8 Å². The number of ether oxygens (including phenoxy) is 3. The topological polar surface area (TPSA) is 73.9 Å². The average molecular weight is 373 g/mol. The molecule has 0 radical (unpaired) electrons. The van der Waals surface area contributed by atoms with Gasteiger partial charge in [0.1, 0.15) is 12.4 Å². The van der Waals surface area contributed by atoms with Crippen LogP contribution in [0, 0.1) is 0 Å². The van der Waals surface area contributed by atoms with Crippen LogP contribution < -0.4 is 19.5 Å². The highest BCUT2D eigenvalue weighted by Crippen LogP contribution is 2.37. The lowest BCUT2D eigenvalue weighted by Gasteiger charge is -2.17. The molecule has 0 spiro atoms. The number of thioether (sulfide) groups is 1. The van der Waals surface area contributed by atoms with Gasteiger partial charge in [0.05, 0.1) is 19.5 Å². The lowest BCUT2D eigenvalue weighted by atomic mass is 10.1. The first-order valence-corrected chi connectivity index (χ1v) is 8.91. The zero-order valence-electron chi connectivity index (χ0n) is 14.5. The Morgan fingerprint density at radius 2 is 1.69 bits per heavy atom. The molecule has 1 heterocycles. The van der Waals surface area contributed by atoms with Gasteiger partial charge < -0.3 is 14.2 Å². The Balaban J connectivity index is 1.87. The minimum atomic E-state index is -0.486. The summed E-state index contributed by atoms with van der Waals surface area (Å²) >= 11 is 0.988. The van der Waals surface area contributed by atoms with Crippen molar-refractivity contribution >= 4 is 22.9 Å². The highest BCUT2D eigenvalue weighted by molar-refractivity contribution is 8.15. The molecule has 136 valence electrons. The van der Waals surface area contributed by atoms with Crippen molar-refractivity contribution < 1.29 is 23.8 Å². The predicted molar refractivity (Wildman–Crippen MR) is 98.9 cm³/mol. The number of nitrogens with one attached hydrogen (secondary N) is 1. The van der Waals surface area contributed by atoms with Crippen molar-refractivity contribution in [2.75, 3.05) is 14.2 Å². The third-order valence-corrected chi connectivity index (χ3v) is 4.96. The average Bonchev–Trinajstić information content (AvgIpc) is 2.98. The highest BCUT2D eigenvalue weighted by Gasteiger charge is 2.32. The van der Waals surface area contributed by atoms with Crippen molar-refractivity contribution in [3.05, 3.63) is 53.6 Å². The summed E-state index contributed by atoms with van der Waals surface area (Å²) in [4.78, 5) is 23.3. The summed E-state index contributed by atoms with van der Waals surface area (Å²) in [6, 6.07) is 13.3. The summed E-state index contributed by atoms with van der Waals surface area (Å²) in [6.45, 7) is 0.381. The summed E-state index contributed by atoms with van der Waals surface area (Å²) in [5.74, 6) is 1.39. The molecule has 1 atom stereocenters. The maximum Gasteiger partial charge on any atom is 0.286 e. The molecule has 3 rings (SSSR count). The number of hydrogen-bond acceptors (Lipinski definition) is 6. The maximum absolute atomic E-state index is 11.9. The number of imide groups is 1. The molecule has 2 aromatic rings. The van der Waals surface area contributed by atoms with Crippen LogP contribution in [0.3, 0.4) is 0 Å². The normalized spacial score (nSPS) is 16.3. The smallest absolute Gasteiger partial charge is 0.286 e. The Morgan fingerprint density at radius 3 is 2.31 bits per heavy atom. The van der Waals surface area contributed by atoms with Crippen molar-refractivity contribution in [2.45, 2.75) is 18.3 Å². The van der Waals surface area contributed by atoms with E-state index in [0.29, 0.717) is 30.3 Å². The number of carbonyl (C=O) groups is 2. The van der Waals surface area contributed by atoms with Gasteiger partial charge in [0.15, 0.2) is 11.5 Å². The summed E-state index contributed by atoms with van der Waals surface area (Å²) < 4.78 is 16.7. The molecule has 1 aliphatic rings. The van der Waals surface area contributed by atoms with Crippen molar-refractivity contribution in [2.24, 2.45) is 0 Å². The Hall–Kier alpha value is -2.67. The van der Waals surface area contributed by atoms with E-state index in [-0.39, 0.29) is 11.1 Å². The lowest BCUT2D eigenvalue weighted by molar-refractivity contribution is -0.118. The summed E-state index contributed by atoms with van der Waals surface area (Å²) in [7, 11) is 3.10. The van der Waals surface area contributed by atoms with Crippen LogP contribution >= 0.6 is 11.8 Å². The molecule has 1 N–H and O–H groups in total. The van der Waals surface area contributed by atoms with Crippen LogP contribution in [0.4, 0.5) is 4.79 Å². The Morgan fingerprint density at radius 1 is 1.00 bits per heavy atom. The summed E-state index contributed by atoms with van der Waals surface area (Å²) in [6.07, 6.45) is 0.354. The van der Waals surface area contributed by atoms with Gasteiger partial charge in [0.25, 0.3) is 5.24 Å². The van der Waals surface area contributed by atoms with Crippen molar-refractivity contribution in [1.82, 2.24) is 5.32 Å². The van der Waals surface area contributed by atoms with E-state index in [1.165, 1.54) is 0 Å². The molecule has 1 aliphatic heterocycles. The van der Waals surface area contributed by atoms with Gasteiger partial charge >= 0.3 is 0 Å². The van der Waals surface area contributed by atoms with E-state index < -0.39 is 5.25 Å². The standard InChI is InChI=1S/C19H19NO5S/c1-23-15-8-13(9-17-18(21)20-19(22)26-17)14(10-16(15)24-2)25-11-12-6-4-3-5-7-12/h3-8,10,17H,9,11H2,1-2H3,(H,20,21,22). The third kappa shape index (κ3) is 4.11. The van der Waals surface area contributed by atoms with Crippen molar-refractivity contribution in [3.8, 4) is 17.2 Å². The van der Waals surface area contributed by atoms with E-state index in [1.54, 1.807) is 26.4 Å². The van der Waals surface area contributed by atoms with Crippen LogP contribution in [0.2, 0.25) is 0 Å². The fourth-order valence-electron chi connectivity index (χ4n) is 2.66. The Bertz CT molecular complexity index is 809. The van der Waals surface area contributed by atoms with Crippen molar-refractivity contribution in [1.29, 1.82) is 0 Å². The van der Waals surface area contributed by atoms with E-state index in [2.05, 4.69) is 5.32 Å². The number of amides is 2. The molecular weight excluding hydrogens is 354 g/mol. The number of carbonyl (C=O) groups excluding carboxylic acids is 2. The predicted octanol–water partition coefficient (Wildman–Crippen LogP) is 3.18. The van der Waals surface area contributed by atoms with E-state index >= 15 is 0 Å². The Kier molecular flexibility index (Phi) is 5.68. The van der Waals surface area contributed by atoms with Gasteiger partial charge in [-0.15, -0.1) is 0 Å². The molecule has 0 saturated carbocycles. The molecule has 1 unspecified atom stereocenters. The first kappa shape index (κ1) is 18.1. The summed E-state index contributed by atoms with van der Waals surface area (Å²) in [5, 5.41) is 1.49. The minimum Gasteiger partial charge on any atom is -0.493 e. The number of benzene rings is 2. The van der Waals surface area contributed by atoms with Crippen LogP contribution in [-0.4, -0.2) is 30.6 Å². The Labute approximate surface area is 155 Å². The van der Waals surface area contributed by atoms with E-state index in [9.17, 15) is 9.59 Å². The second-order valence-corrected chi connectivity index (χ2v) is 6.85. The molecule has 0 aromatic heterocycles. The zero-order valence-corrected chi connectivity index (χ0v) is 15.3. The first-order chi connectivity index (χ1) is 12.6. The molecule has 1 fully saturated rings. The first-order valence-electron chi connectivity index (χ1n) is 8.04. The van der Waals surface area contributed by atoms with E-state index in [1.807, 2.05) is 30.3 Å². The molecule has 0 aliphatic carbocycles. The fourth-order valence-corrected chi connectivity index (χ4v) is 3.51. The van der Waals surface area contributed by atoms with Gasteiger partial charge in [0, 0.05) is 6.07 Å². The molecule has 2 aromatic carbocycles. The molecule has 7 heteroatoms. The number of hydrogen-bond donors (Lipinski definition) is 1. The minimum absolute atomic E-state index is 0.288. The second-order valence-electron chi connectivity index (χ2n) is 5.68. The highest BCUT2D eigenvalue weighted by atomic mass is 32.2. The largest absolute Gasteiger partial charge is 0.493 e. The van der Waals surface area contributed by atoms with Crippen LogP contribution in [0.15, 0.2) is 42.5 Å². The molecule has 6 nitrogen and oxygen atoms in total. The van der Waals surface area contributed by atoms with E-state index in [4.69, 9.17) is 14.2 Å². The van der Waals surface area contributed by atoms with Gasteiger partial charge in [-0.3, -0.25) is 14.9 Å². The number of methoxy groups -OCH3 is 2. The van der Waals surface area contributed by atoms with Gasteiger partial charge in [-0.25, -0.2) is 0 Å². The third-order valence-electron chi connectivity index (χ3n) is 3.98. The van der Waals surface area contributed by atoms with Crippen LogP contribution in [0.5, 0.6) is 17.2 Å². The monoisotopic (exact) mass is 373 g/mol. The maximum atomic E-state index is 11.9. The molecular formula is C19H19NO5S. The van der Waals surface area contributed by atoms with Crippen LogP contribution in [0.1, 0.15) is 11.1 Å². The van der Waals surface area contributed by atoms with Gasteiger partial charge in [-0.2, -0.15) is 0 Å². The zero-order chi connectivity index (χ0) is 18.5. The molecule has 2 amide bonds. The molecule has 0 bridgehead atoms. The van der Waals surface area contributed by atoms with Crippen molar-refractivity contribution in [3.63, 3.8) is 0 Å². The SMILES string of the molecule is COc1cc(CC2SC(=O)NC2=O)c(OCc2ccccc2)cc1OC. The quantitative estimate of drug-likeness (QED) is 0.804.